The smallest absolute Gasteiger partial charge is 0.246 e. The summed E-state index contributed by atoms with van der Waals surface area (Å²) in [6.07, 6.45) is 3.07. The third kappa shape index (κ3) is 3.65. The number of ether oxygens (including phenoxy) is 2. The number of benzene rings is 1. The molecule has 2 saturated heterocycles. The topological polar surface area (TPSA) is 76.2 Å². The highest BCUT2D eigenvalue weighted by molar-refractivity contribution is 7.89. The van der Waals surface area contributed by atoms with Crippen molar-refractivity contribution in [1.29, 1.82) is 0 Å². The monoisotopic (exact) mass is 408 g/mol. The van der Waals surface area contributed by atoms with E-state index in [0.717, 1.165) is 25.7 Å². The van der Waals surface area contributed by atoms with Crippen LogP contribution in [-0.2, 0) is 19.6 Å². The van der Waals surface area contributed by atoms with Crippen LogP contribution in [0.15, 0.2) is 29.2 Å². The van der Waals surface area contributed by atoms with Crippen molar-refractivity contribution in [2.45, 2.75) is 30.6 Å². The van der Waals surface area contributed by atoms with Gasteiger partial charge in [0, 0.05) is 51.2 Å². The molecule has 28 heavy (non-hydrogen) atoms. The fourth-order valence-corrected chi connectivity index (χ4v) is 5.90. The summed E-state index contributed by atoms with van der Waals surface area (Å²) in [5.41, 5.74) is -0.276. The Hall–Kier alpha value is -1.64. The molecule has 8 heteroatoms. The van der Waals surface area contributed by atoms with Crippen molar-refractivity contribution in [2.75, 3.05) is 46.5 Å². The number of carbonyl (C=O) groups excluding carboxylic acids is 1. The van der Waals surface area contributed by atoms with Gasteiger partial charge in [0.05, 0.1) is 6.61 Å². The van der Waals surface area contributed by atoms with Gasteiger partial charge in [-0.1, -0.05) is 12.1 Å². The predicted molar refractivity (Wildman–Crippen MR) is 104 cm³/mol. The van der Waals surface area contributed by atoms with Crippen molar-refractivity contribution in [3.8, 4) is 5.75 Å². The Morgan fingerprint density at radius 3 is 2.54 bits per heavy atom. The summed E-state index contributed by atoms with van der Waals surface area (Å²) in [4.78, 5) is 15.0. The van der Waals surface area contributed by atoms with Crippen LogP contribution in [-0.4, -0.2) is 70.0 Å². The zero-order valence-electron chi connectivity index (χ0n) is 16.3. The molecule has 3 heterocycles. The predicted octanol–water partition coefficient (Wildman–Crippen LogP) is 1.73. The van der Waals surface area contributed by atoms with Crippen LogP contribution in [0.3, 0.4) is 0 Å². The molecule has 1 amide bonds. The van der Waals surface area contributed by atoms with Gasteiger partial charge in [-0.2, -0.15) is 0 Å². The van der Waals surface area contributed by atoms with Crippen LogP contribution in [0, 0.1) is 11.3 Å². The number of piperidine rings is 1. The number of likely N-dealkylation sites (tertiary alicyclic amines) is 1. The SMILES string of the molecule is CN1CC2(CCN(C(=O)C3CCOCC3)CC2)COc2ccccc2S1(=O)=O. The van der Waals surface area contributed by atoms with E-state index < -0.39 is 10.0 Å². The third-order valence-corrected chi connectivity index (χ3v) is 8.18. The average molecular weight is 409 g/mol. The van der Waals surface area contributed by atoms with E-state index in [2.05, 4.69) is 0 Å². The Bertz CT molecular complexity index is 827. The first-order chi connectivity index (χ1) is 13.4. The van der Waals surface area contributed by atoms with Crippen LogP contribution in [0.25, 0.3) is 0 Å². The molecule has 1 aromatic carbocycles. The second kappa shape index (κ2) is 7.65. The van der Waals surface area contributed by atoms with Crippen molar-refractivity contribution in [2.24, 2.45) is 11.3 Å². The first-order valence-electron chi connectivity index (χ1n) is 9.96. The van der Waals surface area contributed by atoms with Gasteiger partial charge in [0.15, 0.2) is 0 Å². The first kappa shape index (κ1) is 19.7. The molecule has 1 spiro atoms. The van der Waals surface area contributed by atoms with E-state index in [1.807, 2.05) is 4.90 Å². The van der Waals surface area contributed by atoms with E-state index in [4.69, 9.17) is 9.47 Å². The lowest BCUT2D eigenvalue weighted by Gasteiger charge is -2.45. The molecular formula is C20H28N2O5S. The molecule has 0 N–H and O–H groups in total. The Morgan fingerprint density at radius 1 is 1.14 bits per heavy atom. The molecule has 2 fully saturated rings. The van der Waals surface area contributed by atoms with Crippen LogP contribution < -0.4 is 4.74 Å². The molecule has 0 aromatic heterocycles. The molecule has 0 aliphatic carbocycles. The second-order valence-electron chi connectivity index (χ2n) is 8.21. The van der Waals surface area contributed by atoms with Crippen LogP contribution in [0.1, 0.15) is 25.7 Å². The summed E-state index contributed by atoms with van der Waals surface area (Å²) in [6, 6.07) is 6.81. The van der Waals surface area contributed by atoms with Gasteiger partial charge >= 0.3 is 0 Å². The highest BCUT2D eigenvalue weighted by Gasteiger charge is 2.43. The van der Waals surface area contributed by atoms with Crippen molar-refractivity contribution < 1.29 is 22.7 Å². The summed E-state index contributed by atoms with van der Waals surface area (Å²) in [7, 11) is -1.95. The first-order valence-corrected chi connectivity index (χ1v) is 11.4. The Kier molecular flexibility index (Phi) is 5.37. The molecule has 0 radical (unpaired) electrons. The van der Waals surface area contributed by atoms with E-state index in [0.29, 0.717) is 45.2 Å². The Labute approximate surface area is 166 Å². The number of fused-ring (bicyclic) bond motifs is 1. The summed E-state index contributed by atoms with van der Waals surface area (Å²) in [6.45, 7) is 3.48. The second-order valence-corrected chi connectivity index (χ2v) is 10.2. The Balaban J connectivity index is 1.49. The normalized spacial score (nSPS) is 25.4. The van der Waals surface area contributed by atoms with E-state index in [1.54, 1.807) is 31.3 Å². The standard InChI is InChI=1S/C20H28N2O5S/c1-21-14-20(15-27-17-4-2-3-5-18(17)28(21,24)25)8-10-22(11-9-20)19(23)16-6-12-26-13-7-16/h2-5,16H,6-15H2,1H3. The lowest BCUT2D eigenvalue weighted by Crippen LogP contribution is -2.52. The number of nitrogens with zero attached hydrogens (tertiary/aromatic N) is 2. The zero-order chi connectivity index (χ0) is 19.8. The maximum absolute atomic E-state index is 13.0. The van der Waals surface area contributed by atoms with Gasteiger partial charge in [0.25, 0.3) is 0 Å². The fourth-order valence-electron chi connectivity index (χ4n) is 4.49. The molecule has 0 unspecified atom stereocenters. The van der Waals surface area contributed by atoms with Crippen LogP contribution >= 0.6 is 0 Å². The summed E-state index contributed by atoms with van der Waals surface area (Å²) >= 11 is 0. The summed E-state index contributed by atoms with van der Waals surface area (Å²) in [5.74, 6) is 0.691. The molecule has 0 saturated carbocycles. The van der Waals surface area contributed by atoms with Crippen molar-refractivity contribution >= 4 is 15.9 Å². The van der Waals surface area contributed by atoms with Gasteiger partial charge in [-0.3, -0.25) is 4.79 Å². The minimum Gasteiger partial charge on any atom is -0.492 e. The summed E-state index contributed by atoms with van der Waals surface area (Å²) in [5, 5.41) is 0. The van der Waals surface area contributed by atoms with E-state index >= 15 is 0 Å². The summed E-state index contributed by atoms with van der Waals surface area (Å²) < 4.78 is 38.7. The van der Waals surface area contributed by atoms with Crippen LogP contribution in [0.5, 0.6) is 5.75 Å². The maximum Gasteiger partial charge on any atom is 0.246 e. The molecule has 0 atom stereocenters. The minimum absolute atomic E-state index is 0.0614. The van der Waals surface area contributed by atoms with Gasteiger partial charge in [-0.05, 0) is 37.8 Å². The van der Waals surface area contributed by atoms with E-state index in [9.17, 15) is 13.2 Å². The van der Waals surface area contributed by atoms with Crippen LogP contribution in [0.4, 0.5) is 0 Å². The highest BCUT2D eigenvalue weighted by Crippen LogP contribution is 2.39. The van der Waals surface area contributed by atoms with Crippen molar-refractivity contribution in [3.63, 3.8) is 0 Å². The molecule has 7 nitrogen and oxygen atoms in total. The lowest BCUT2D eigenvalue weighted by molar-refractivity contribution is -0.141. The molecule has 154 valence electrons. The number of rotatable bonds is 1. The zero-order valence-corrected chi connectivity index (χ0v) is 17.1. The quantitative estimate of drug-likeness (QED) is 0.707. The fraction of sp³-hybridized carbons (Fsp3) is 0.650. The number of amides is 1. The molecule has 3 aliphatic rings. The molecule has 3 aliphatic heterocycles. The van der Waals surface area contributed by atoms with Gasteiger partial charge in [-0.15, -0.1) is 0 Å². The largest absolute Gasteiger partial charge is 0.492 e. The maximum atomic E-state index is 13.0. The number of hydrogen-bond acceptors (Lipinski definition) is 5. The average Bonchev–Trinajstić information content (AvgIpc) is 2.72. The van der Waals surface area contributed by atoms with Gasteiger partial charge in [0.1, 0.15) is 10.6 Å². The molecule has 0 bridgehead atoms. The van der Waals surface area contributed by atoms with E-state index in [-0.39, 0.29) is 22.1 Å². The van der Waals surface area contributed by atoms with Gasteiger partial charge in [0.2, 0.25) is 15.9 Å². The third-order valence-electron chi connectivity index (χ3n) is 6.34. The van der Waals surface area contributed by atoms with E-state index in [1.165, 1.54) is 4.31 Å². The minimum atomic E-state index is -3.59. The number of para-hydroxylation sites is 1. The number of sulfonamides is 1. The molecule has 4 rings (SSSR count). The Morgan fingerprint density at radius 2 is 1.82 bits per heavy atom. The lowest BCUT2D eigenvalue weighted by atomic mass is 9.78. The number of carbonyl (C=O) groups is 1. The molecular weight excluding hydrogens is 380 g/mol. The van der Waals surface area contributed by atoms with Crippen molar-refractivity contribution in [3.05, 3.63) is 24.3 Å². The van der Waals surface area contributed by atoms with Crippen molar-refractivity contribution in [1.82, 2.24) is 9.21 Å². The highest BCUT2D eigenvalue weighted by atomic mass is 32.2. The molecule has 1 aromatic rings. The van der Waals surface area contributed by atoms with Gasteiger partial charge in [-0.25, -0.2) is 12.7 Å². The van der Waals surface area contributed by atoms with Crippen LogP contribution in [0.2, 0.25) is 0 Å². The van der Waals surface area contributed by atoms with Gasteiger partial charge < -0.3 is 14.4 Å². The number of hydrogen-bond donors (Lipinski definition) is 0.